The van der Waals surface area contributed by atoms with Crippen molar-refractivity contribution in [3.8, 4) is 0 Å². The highest BCUT2D eigenvalue weighted by molar-refractivity contribution is 5.91. The van der Waals surface area contributed by atoms with Crippen LogP contribution in [0.1, 0.15) is 16.7 Å². The lowest BCUT2D eigenvalue weighted by molar-refractivity contribution is -0.384. The van der Waals surface area contributed by atoms with Gasteiger partial charge in [-0.3, -0.25) is 19.7 Å². The van der Waals surface area contributed by atoms with Crippen LogP contribution in [0.3, 0.4) is 0 Å². The molecule has 0 heterocycles. The standard InChI is InChI=1S/C27H28N4O6/c28-17-25(32)29-23(15-19-7-3-1-4-8-19)26(33)30-24(16-20-9-5-2-6-10-20)27(34)37-18-21-11-13-22(14-12-21)31(35)36/h1-14,23-24H,15-18,28H2,(H,29,32)(H,30,33)/t23-,24-/m1/s1. The number of ether oxygens (including phenoxy) is 1. The van der Waals surface area contributed by atoms with Gasteiger partial charge in [0.15, 0.2) is 0 Å². The lowest BCUT2D eigenvalue weighted by atomic mass is 10.0. The molecule has 10 heteroatoms. The summed E-state index contributed by atoms with van der Waals surface area (Å²) in [5, 5.41) is 16.2. The molecular formula is C27H28N4O6. The Morgan fingerprint density at radius 1 is 0.784 bits per heavy atom. The summed E-state index contributed by atoms with van der Waals surface area (Å²) in [7, 11) is 0. The minimum Gasteiger partial charge on any atom is -0.459 e. The van der Waals surface area contributed by atoms with Crippen LogP contribution in [0.2, 0.25) is 0 Å². The largest absolute Gasteiger partial charge is 0.459 e. The molecule has 37 heavy (non-hydrogen) atoms. The van der Waals surface area contributed by atoms with E-state index in [2.05, 4.69) is 10.6 Å². The zero-order valence-electron chi connectivity index (χ0n) is 20.0. The van der Waals surface area contributed by atoms with E-state index < -0.39 is 34.8 Å². The number of nitro benzene ring substituents is 1. The third-order valence-corrected chi connectivity index (χ3v) is 5.53. The Morgan fingerprint density at radius 3 is 1.84 bits per heavy atom. The first-order chi connectivity index (χ1) is 17.9. The van der Waals surface area contributed by atoms with Crippen LogP contribution in [0.25, 0.3) is 0 Å². The van der Waals surface area contributed by atoms with Crippen molar-refractivity contribution in [2.24, 2.45) is 5.73 Å². The molecule has 0 fully saturated rings. The van der Waals surface area contributed by atoms with E-state index in [0.717, 1.165) is 11.1 Å². The molecule has 4 N–H and O–H groups in total. The predicted octanol–water partition coefficient (Wildman–Crippen LogP) is 2.05. The van der Waals surface area contributed by atoms with E-state index in [1.807, 2.05) is 60.7 Å². The second-order valence-electron chi connectivity index (χ2n) is 8.30. The first-order valence-corrected chi connectivity index (χ1v) is 11.6. The highest BCUT2D eigenvalue weighted by atomic mass is 16.6. The maximum atomic E-state index is 13.2. The van der Waals surface area contributed by atoms with Gasteiger partial charge in [0.05, 0.1) is 11.5 Å². The first kappa shape index (κ1) is 27.0. The number of nitrogens with zero attached hydrogens (tertiary/aromatic N) is 1. The topological polar surface area (TPSA) is 154 Å². The minimum atomic E-state index is -1.04. The smallest absolute Gasteiger partial charge is 0.329 e. The molecule has 0 radical (unpaired) electrons. The van der Waals surface area contributed by atoms with Crippen LogP contribution in [0.5, 0.6) is 0 Å². The Labute approximate surface area is 214 Å². The zero-order valence-corrected chi connectivity index (χ0v) is 20.0. The minimum absolute atomic E-state index is 0.0757. The number of nitro groups is 1. The fourth-order valence-electron chi connectivity index (χ4n) is 3.60. The van der Waals surface area contributed by atoms with Crippen LogP contribution in [0, 0.1) is 10.1 Å². The molecule has 0 spiro atoms. The highest BCUT2D eigenvalue weighted by Gasteiger charge is 2.28. The molecule has 0 unspecified atom stereocenters. The van der Waals surface area contributed by atoms with Gasteiger partial charge < -0.3 is 21.1 Å². The van der Waals surface area contributed by atoms with E-state index in [4.69, 9.17) is 10.5 Å². The summed E-state index contributed by atoms with van der Waals surface area (Å²) in [6.07, 6.45) is 0.364. The predicted molar refractivity (Wildman–Crippen MR) is 136 cm³/mol. The zero-order chi connectivity index (χ0) is 26.6. The third-order valence-electron chi connectivity index (χ3n) is 5.53. The number of non-ortho nitro benzene ring substituents is 1. The first-order valence-electron chi connectivity index (χ1n) is 11.6. The van der Waals surface area contributed by atoms with E-state index in [1.165, 1.54) is 24.3 Å². The van der Waals surface area contributed by atoms with Gasteiger partial charge in [-0.2, -0.15) is 0 Å². The van der Waals surface area contributed by atoms with Gasteiger partial charge in [-0.15, -0.1) is 0 Å². The molecule has 0 aliphatic heterocycles. The molecule has 2 atom stereocenters. The molecule has 0 saturated heterocycles. The molecule has 3 aromatic carbocycles. The van der Waals surface area contributed by atoms with Gasteiger partial charge in [0, 0.05) is 25.0 Å². The van der Waals surface area contributed by atoms with Crippen LogP contribution in [-0.4, -0.2) is 41.3 Å². The Hall–Kier alpha value is -4.57. The van der Waals surface area contributed by atoms with Gasteiger partial charge in [0.1, 0.15) is 18.7 Å². The number of rotatable bonds is 12. The van der Waals surface area contributed by atoms with Crippen LogP contribution in [-0.2, 0) is 38.6 Å². The maximum Gasteiger partial charge on any atom is 0.329 e. The monoisotopic (exact) mass is 504 g/mol. The van der Waals surface area contributed by atoms with Crippen molar-refractivity contribution in [2.75, 3.05) is 6.54 Å². The summed E-state index contributed by atoms with van der Waals surface area (Å²) in [6.45, 7) is -0.418. The van der Waals surface area contributed by atoms with E-state index >= 15 is 0 Å². The van der Waals surface area contributed by atoms with E-state index in [1.54, 1.807) is 0 Å². The van der Waals surface area contributed by atoms with Crippen LogP contribution in [0.4, 0.5) is 5.69 Å². The van der Waals surface area contributed by atoms with Crippen molar-refractivity contribution in [1.29, 1.82) is 0 Å². The Balaban J connectivity index is 1.74. The van der Waals surface area contributed by atoms with Gasteiger partial charge in [-0.25, -0.2) is 4.79 Å². The van der Waals surface area contributed by atoms with Gasteiger partial charge >= 0.3 is 5.97 Å². The number of carbonyl (C=O) groups is 3. The average Bonchev–Trinajstić information content (AvgIpc) is 2.92. The van der Waals surface area contributed by atoms with Crippen molar-refractivity contribution < 1.29 is 24.0 Å². The number of amides is 2. The molecular weight excluding hydrogens is 476 g/mol. The summed E-state index contributed by atoms with van der Waals surface area (Å²) < 4.78 is 5.43. The average molecular weight is 505 g/mol. The van der Waals surface area contributed by atoms with Gasteiger partial charge in [-0.1, -0.05) is 60.7 Å². The molecule has 3 rings (SSSR count). The van der Waals surface area contributed by atoms with E-state index in [9.17, 15) is 24.5 Å². The summed E-state index contributed by atoms with van der Waals surface area (Å²) >= 11 is 0. The number of hydrogen-bond acceptors (Lipinski definition) is 7. The SMILES string of the molecule is NCC(=O)N[C@H](Cc1ccccc1)C(=O)N[C@H](Cc1ccccc1)C(=O)OCc1ccc([N+](=O)[O-])cc1. The number of carbonyl (C=O) groups excluding carboxylic acids is 3. The fourth-order valence-corrected chi connectivity index (χ4v) is 3.60. The molecule has 0 aliphatic carbocycles. The molecule has 0 bridgehead atoms. The van der Waals surface area contributed by atoms with Crippen molar-refractivity contribution in [3.05, 3.63) is 112 Å². The van der Waals surface area contributed by atoms with Crippen LogP contribution in [0.15, 0.2) is 84.9 Å². The lowest BCUT2D eigenvalue weighted by Gasteiger charge is -2.23. The molecule has 2 amide bonds. The van der Waals surface area contributed by atoms with Crippen molar-refractivity contribution in [1.82, 2.24) is 10.6 Å². The second kappa shape index (κ2) is 13.5. The lowest BCUT2D eigenvalue weighted by Crippen LogP contribution is -2.54. The van der Waals surface area contributed by atoms with Gasteiger partial charge in [0.25, 0.3) is 5.69 Å². The molecule has 0 aromatic heterocycles. The molecule has 192 valence electrons. The summed E-state index contributed by atoms with van der Waals surface area (Å²) in [6, 6.07) is 21.9. The number of nitrogens with one attached hydrogen (secondary N) is 2. The van der Waals surface area contributed by atoms with Crippen molar-refractivity contribution >= 4 is 23.5 Å². The van der Waals surface area contributed by atoms with Crippen molar-refractivity contribution in [3.63, 3.8) is 0 Å². The van der Waals surface area contributed by atoms with E-state index in [0.29, 0.717) is 5.56 Å². The fraction of sp³-hybridized carbons (Fsp3) is 0.222. The molecule has 0 saturated carbocycles. The van der Waals surface area contributed by atoms with Gasteiger partial charge in [0.2, 0.25) is 11.8 Å². The van der Waals surface area contributed by atoms with Crippen LogP contribution >= 0.6 is 0 Å². The van der Waals surface area contributed by atoms with E-state index in [-0.39, 0.29) is 31.7 Å². The number of benzene rings is 3. The van der Waals surface area contributed by atoms with Gasteiger partial charge in [-0.05, 0) is 28.8 Å². The number of esters is 1. The second-order valence-corrected chi connectivity index (χ2v) is 8.30. The molecule has 0 aliphatic rings. The quantitative estimate of drug-likeness (QED) is 0.194. The van der Waals surface area contributed by atoms with Crippen LogP contribution < -0.4 is 16.4 Å². The highest BCUT2D eigenvalue weighted by Crippen LogP contribution is 2.14. The Bertz CT molecular complexity index is 1200. The normalized spacial score (nSPS) is 12.1. The summed E-state index contributed by atoms with van der Waals surface area (Å²) in [5.74, 6) is -1.74. The Morgan fingerprint density at radius 2 is 1.32 bits per heavy atom. The molecule has 3 aromatic rings. The Kier molecular flexibility index (Phi) is 9.86. The third kappa shape index (κ3) is 8.55. The maximum absolute atomic E-state index is 13.2. The van der Waals surface area contributed by atoms with Crippen molar-refractivity contribution in [2.45, 2.75) is 31.5 Å². The summed E-state index contributed by atoms with van der Waals surface area (Å²) in [5.41, 5.74) is 7.53. The number of nitrogens with two attached hydrogens (primary N) is 1. The summed E-state index contributed by atoms with van der Waals surface area (Å²) in [4.78, 5) is 48.6. The molecule has 10 nitrogen and oxygen atoms in total. The number of hydrogen-bond donors (Lipinski definition) is 3.